The molecule has 0 radical (unpaired) electrons. The van der Waals surface area contributed by atoms with E-state index in [1.807, 2.05) is 6.92 Å². The van der Waals surface area contributed by atoms with Gasteiger partial charge in [-0.05, 0) is 38.0 Å². The van der Waals surface area contributed by atoms with Crippen LogP contribution in [0.15, 0.2) is 17.2 Å². The van der Waals surface area contributed by atoms with Crippen LogP contribution in [0.3, 0.4) is 0 Å². The van der Waals surface area contributed by atoms with Crippen LogP contribution in [0.4, 0.5) is 0 Å². The van der Waals surface area contributed by atoms with Crippen LogP contribution in [-0.2, 0) is 0 Å². The standard InChI is InChI=1S/C12H16N2S/c1-4-11(5-6-13)15-12-8-9(2)7-10(3)14-12/h7-8,11H,4-5H2,1-3H3. The van der Waals surface area contributed by atoms with Crippen molar-refractivity contribution in [2.45, 2.75) is 43.9 Å². The average Bonchev–Trinajstić information content (AvgIpc) is 2.15. The van der Waals surface area contributed by atoms with Gasteiger partial charge in [0.2, 0.25) is 0 Å². The van der Waals surface area contributed by atoms with Crippen LogP contribution in [-0.4, -0.2) is 10.2 Å². The summed E-state index contributed by atoms with van der Waals surface area (Å²) < 4.78 is 0. The summed E-state index contributed by atoms with van der Waals surface area (Å²) in [6.07, 6.45) is 1.60. The van der Waals surface area contributed by atoms with Crippen LogP contribution in [0.2, 0.25) is 0 Å². The first-order valence-corrected chi connectivity index (χ1v) is 6.02. The molecule has 2 nitrogen and oxygen atoms in total. The van der Waals surface area contributed by atoms with Gasteiger partial charge in [-0.2, -0.15) is 5.26 Å². The number of nitrogens with zero attached hydrogens (tertiary/aromatic N) is 2. The van der Waals surface area contributed by atoms with Crippen molar-refractivity contribution >= 4 is 11.8 Å². The lowest BCUT2D eigenvalue weighted by Crippen LogP contribution is -2.00. The van der Waals surface area contributed by atoms with Crippen LogP contribution in [0.25, 0.3) is 0 Å². The minimum Gasteiger partial charge on any atom is -0.247 e. The first-order chi connectivity index (χ1) is 7.15. The SMILES string of the molecule is CCC(CC#N)Sc1cc(C)cc(C)n1. The third kappa shape index (κ3) is 3.93. The molecule has 0 spiro atoms. The van der Waals surface area contributed by atoms with E-state index in [0.29, 0.717) is 11.7 Å². The van der Waals surface area contributed by atoms with Gasteiger partial charge in [-0.25, -0.2) is 4.98 Å². The topological polar surface area (TPSA) is 36.7 Å². The van der Waals surface area contributed by atoms with Crippen molar-refractivity contribution < 1.29 is 0 Å². The Balaban J connectivity index is 2.75. The molecule has 0 aliphatic heterocycles. The predicted octanol–water partition coefficient (Wildman–Crippen LogP) is 3.48. The lowest BCUT2D eigenvalue weighted by molar-refractivity contribution is 0.838. The van der Waals surface area contributed by atoms with E-state index in [1.165, 1.54) is 5.56 Å². The summed E-state index contributed by atoms with van der Waals surface area (Å²) in [5, 5.41) is 10.1. The third-order valence-electron chi connectivity index (χ3n) is 2.14. The van der Waals surface area contributed by atoms with E-state index >= 15 is 0 Å². The molecule has 1 heterocycles. The molecule has 0 bridgehead atoms. The second-order valence-electron chi connectivity index (χ2n) is 3.63. The van der Waals surface area contributed by atoms with Gasteiger partial charge in [0.05, 0.1) is 11.1 Å². The molecule has 0 saturated carbocycles. The smallest absolute Gasteiger partial charge is 0.0968 e. The minimum absolute atomic E-state index is 0.365. The summed E-state index contributed by atoms with van der Waals surface area (Å²) in [6.45, 7) is 6.18. The molecule has 0 amide bonds. The Morgan fingerprint density at radius 1 is 1.47 bits per heavy atom. The van der Waals surface area contributed by atoms with Gasteiger partial charge in [0.1, 0.15) is 0 Å². The molecule has 0 aliphatic carbocycles. The van der Waals surface area contributed by atoms with Crippen LogP contribution < -0.4 is 0 Å². The quantitative estimate of drug-likeness (QED) is 0.729. The number of hydrogen-bond donors (Lipinski definition) is 0. The lowest BCUT2D eigenvalue weighted by Gasteiger charge is -2.10. The predicted molar refractivity (Wildman–Crippen MR) is 63.9 cm³/mol. The second-order valence-corrected chi connectivity index (χ2v) is 4.96. The first kappa shape index (κ1) is 12.1. The lowest BCUT2D eigenvalue weighted by atomic mass is 10.2. The van der Waals surface area contributed by atoms with E-state index in [4.69, 9.17) is 5.26 Å². The Kier molecular flexibility index (Phi) is 4.64. The van der Waals surface area contributed by atoms with Gasteiger partial charge in [-0.15, -0.1) is 11.8 Å². The molecule has 15 heavy (non-hydrogen) atoms. The Morgan fingerprint density at radius 3 is 2.73 bits per heavy atom. The highest BCUT2D eigenvalue weighted by Crippen LogP contribution is 2.26. The van der Waals surface area contributed by atoms with Crippen LogP contribution in [0.5, 0.6) is 0 Å². The number of rotatable bonds is 4. The summed E-state index contributed by atoms with van der Waals surface area (Å²) in [7, 11) is 0. The maximum atomic E-state index is 8.67. The Bertz CT molecular complexity index is 348. The van der Waals surface area contributed by atoms with Crippen molar-refractivity contribution in [3.63, 3.8) is 0 Å². The van der Waals surface area contributed by atoms with Gasteiger partial charge < -0.3 is 0 Å². The molecule has 1 atom stereocenters. The first-order valence-electron chi connectivity index (χ1n) is 5.14. The molecular weight excluding hydrogens is 204 g/mol. The fourth-order valence-electron chi connectivity index (χ4n) is 1.41. The monoisotopic (exact) mass is 220 g/mol. The number of aryl methyl sites for hydroxylation is 2. The molecule has 0 aliphatic rings. The number of aromatic nitrogens is 1. The van der Waals surface area contributed by atoms with E-state index in [-0.39, 0.29) is 0 Å². The van der Waals surface area contributed by atoms with E-state index in [2.05, 4.69) is 37.0 Å². The molecule has 0 fully saturated rings. The van der Waals surface area contributed by atoms with Gasteiger partial charge in [-0.1, -0.05) is 6.92 Å². The van der Waals surface area contributed by atoms with Gasteiger partial charge >= 0.3 is 0 Å². The number of thioether (sulfide) groups is 1. The maximum absolute atomic E-state index is 8.67. The van der Waals surface area contributed by atoms with Gasteiger partial charge in [-0.3, -0.25) is 0 Å². The Morgan fingerprint density at radius 2 is 2.20 bits per heavy atom. The molecular formula is C12H16N2S. The number of nitriles is 1. The van der Waals surface area contributed by atoms with Crippen LogP contribution >= 0.6 is 11.8 Å². The fraction of sp³-hybridized carbons (Fsp3) is 0.500. The number of hydrogen-bond acceptors (Lipinski definition) is 3. The van der Waals surface area contributed by atoms with E-state index < -0.39 is 0 Å². The minimum atomic E-state index is 0.365. The highest BCUT2D eigenvalue weighted by Gasteiger charge is 2.09. The highest BCUT2D eigenvalue weighted by molar-refractivity contribution is 7.99. The molecule has 1 aromatic rings. The summed E-state index contributed by atoms with van der Waals surface area (Å²) in [6, 6.07) is 6.37. The fourth-order valence-corrected chi connectivity index (χ4v) is 2.52. The van der Waals surface area contributed by atoms with Crippen molar-refractivity contribution in [1.82, 2.24) is 4.98 Å². The van der Waals surface area contributed by atoms with Crippen molar-refractivity contribution in [2.75, 3.05) is 0 Å². The molecule has 0 N–H and O–H groups in total. The van der Waals surface area contributed by atoms with Crippen LogP contribution in [0, 0.1) is 25.2 Å². The molecule has 1 unspecified atom stereocenters. The summed E-state index contributed by atoms with van der Waals surface area (Å²) in [5.41, 5.74) is 2.28. The third-order valence-corrected chi connectivity index (χ3v) is 3.42. The summed E-state index contributed by atoms with van der Waals surface area (Å²) in [4.78, 5) is 4.46. The van der Waals surface area contributed by atoms with Crippen molar-refractivity contribution in [3.8, 4) is 6.07 Å². The Labute approximate surface area is 95.7 Å². The molecule has 0 saturated heterocycles. The largest absolute Gasteiger partial charge is 0.247 e. The summed E-state index contributed by atoms with van der Waals surface area (Å²) >= 11 is 1.71. The highest BCUT2D eigenvalue weighted by atomic mass is 32.2. The zero-order valence-electron chi connectivity index (χ0n) is 9.45. The normalized spacial score (nSPS) is 12.1. The van der Waals surface area contributed by atoms with E-state index in [1.54, 1.807) is 11.8 Å². The summed E-state index contributed by atoms with van der Waals surface area (Å²) in [5.74, 6) is 0. The Hall–Kier alpha value is -1.01. The van der Waals surface area contributed by atoms with Crippen molar-refractivity contribution in [2.24, 2.45) is 0 Å². The van der Waals surface area contributed by atoms with E-state index in [9.17, 15) is 0 Å². The van der Waals surface area contributed by atoms with Gasteiger partial charge in [0.25, 0.3) is 0 Å². The molecule has 1 rings (SSSR count). The zero-order chi connectivity index (χ0) is 11.3. The zero-order valence-corrected chi connectivity index (χ0v) is 10.3. The number of pyridine rings is 1. The maximum Gasteiger partial charge on any atom is 0.0968 e. The van der Waals surface area contributed by atoms with Gasteiger partial charge in [0, 0.05) is 17.4 Å². The van der Waals surface area contributed by atoms with Crippen LogP contribution in [0.1, 0.15) is 31.0 Å². The van der Waals surface area contributed by atoms with Crippen molar-refractivity contribution in [1.29, 1.82) is 5.26 Å². The van der Waals surface area contributed by atoms with Crippen molar-refractivity contribution in [3.05, 3.63) is 23.4 Å². The molecule has 0 aromatic carbocycles. The van der Waals surface area contributed by atoms with E-state index in [0.717, 1.165) is 17.1 Å². The average molecular weight is 220 g/mol. The molecule has 80 valence electrons. The van der Waals surface area contributed by atoms with Gasteiger partial charge in [0.15, 0.2) is 0 Å². The second kappa shape index (κ2) is 5.77. The molecule has 3 heteroatoms. The molecule has 1 aromatic heterocycles.